The van der Waals surface area contributed by atoms with E-state index in [1.807, 2.05) is 20.8 Å². The van der Waals surface area contributed by atoms with Crippen LogP contribution in [-0.2, 0) is 16.1 Å². The summed E-state index contributed by atoms with van der Waals surface area (Å²) in [6.45, 7) is 5.88. The summed E-state index contributed by atoms with van der Waals surface area (Å²) in [6.07, 6.45) is 1.91. The molecule has 19 heavy (non-hydrogen) atoms. The summed E-state index contributed by atoms with van der Waals surface area (Å²) in [4.78, 5) is 24.6. The predicted octanol–water partition coefficient (Wildman–Crippen LogP) is 1.32. The Labute approximate surface area is 113 Å². The zero-order valence-electron chi connectivity index (χ0n) is 12.1. The molecule has 0 N–H and O–H groups in total. The highest BCUT2D eigenvalue weighted by Gasteiger charge is 2.16. The Balaban J connectivity index is 2.51. The van der Waals surface area contributed by atoms with E-state index in [1.165, 1.54) is 4.90 Å². The van der Waals surface area contributed by atoms with E-state index < -0.39 is 5.60 Å². The minimum atomic E-state index is -0.479. The van der Waals surface area contributed by atoms with Gasteiger partial charge in [-0.25, -0.2) is 0 Å². The predicted molar refractivity (Wildman–Crippen MR) is 70.7 cm³/mol. The fraction of sp³-hybridized carbons (Fsp3) is 0.615. The van der Waals surface area contributed by atoms with Crippen LogP contribution in [0.5, 0.6) is 0 Å². The van der Waals surface area contributed by atoms with Crippen LogP contribution in [0.2, 0.25) is 0 Å². The van der Waals surface area contributed by atoms with Crippen LogP contribution in [-0.4, -0.2) is 46.3 Å². The molecule has 1 amide bonds. The van der Waals surface area contributed by atoms with Crippen molar-refractivity contribution in [1.82, 2.24) is 14.7 Å². The van der Waals surface area contributed by atoms with Crippen molar-refractivity contribution >= 4 is 11.9 Å². The second kappa shape index (κ2) is 5.86. The zero-order chi connectivity index (χ0) is 14.6. The van der Waals surface area contributed by atoms with E-state index in [1.54, 1.807) is 31.0 Å². The molecule has 106 valence electrons. The van der Waals surface area contributed by atoms with Crippen LogP contribution < -0.4 is 0 Å². The number of rotatable bonds is 4. The van der Waals surface area contributed by atoms with Gasteiger partial charge in [-0.3, -0.25) is 14.3 Å². The van der Waals surface area contributed by atoms with Gasteiger partial charge in [0.2, 0.25) is 0 Å². The lowest BCUT2D eigenvalue weighted by Gasteiger charge is -2.19. The van der Waals surface area contributed by atoms with E-state index in [0.29, 0.717) is 12.2 Å². The fourth-order valence-electron chi connectivity index (χ4n) is 1.43. The highest BCUT2D eigenvalue weighted by Crippen LogP contribution is 2.09. The lowest BCUT2D eigenvalue weighted by molar-refractivity contribution is -0.155. The molecule has 0 saturated carbocycles. The number of carbonyl (C=O) groups excluding carboxylic acids is 2. The highest BCUT2D eigenvalue weighted by atomic mass is 16.6. The summed E-state index contributed by atoms with van der Waals surface area (Å²) in [5.74, 6) is -0.431. The van der Waals surface area contributed by atoms with Crippen molar-refractivity contribution in [2.75, 3.05) is 14.1 Å². The van der Waals surface area contributed by atoms with Crippen LogP contribution >= 0.6 is 0 Å². The van der Waals surface area contributed by atoms with E-state index >= 15 is 0 Å². The van der Waals surface area contributed by atoms with Crippen LogP contribution in [0.3, 0.4) is 0 Å². The first-order valence-corrected chi connectivity index (χ1v) is 6.16. The van der Waals surface area contributed by atoms with Gasteiger partial charge in [-0.15, -0.1) is 0 Å². The van der Waals surface area contributed by atoms with Crippen molar-refractivity contribution in [2.45, 2.75) is 39.3 Å². The number of carbonyl (C=O) groups is 2. The van der Waals surface area contributed by atoms with Crippen molar-refractivity contribution in [3.05, 3.63) is 18.0 Å². The maximum absolute atomic E-state index is 11.6. The average molecular weight is 267 g/mol. The molecule has 0 aliphatic rings. The second-order valence-electron chi connectivity index (χ2n) is 5.50. The molecule has 0 aliphatic heterocycles. The molecule has 0 saturated heterocycles. The van der Waals surface area contributed by atoms with E-state index in [9.17, 15) is 9.59 Å². The molecule has 0 spiro atoms. The normalized spacial score (nSPS) is 11.2. The first-order valence-electron chi connectivity index (χ1n) is 6.16. The third-order valence-corrected chi connectivity index (χ3v) is 2.23. The minimum Gasteiger partial charge on any atom is -0.460 e. The standard InChI is InChI=1S/C13H21N3O3/c1-13(2,3)19-11(17)7-9-16-8-6-10(14-16)12(18)15(4)5/h6,8H,7,9H2,1-5H3. The number of amides is 1. The third kappa shape index (κ3) is 5.11. The first-order chi connectivity index (χ1) is 8.69. The van der Waals surface area contributed by atoms with Gasteiger partial charge in [0.05, 0.1) is 13.0 Å². The topological polar surface area (TPSA) is 64.4 Å². The van der Waals surface area contributed by atoms with Gasteiger partial charge in [-0.05, 0) is 26.8 Å². The Morgan fingerprint density at radius 1 is 1.37 bits per heavy atom. The Morgan fingerprint density at radius 2 is 2.00 bits per heavy atom. The number of ether oxygens (including phenoxy) is 1. The van der Waals surface area contributed by atoms with Crippen LogP contribution in [0.4, 0.5) is 0 Å². The molecule has 0 radical (unpaired) electrons. The van der Waals surface area contributed by atoms with Crippen molar-refractivity contribution in [3.8, 4) is 0 Å². The van der Waals surface area contributed by atoms with E-state index in [0.717, 1.165) is 0 Å². The van der Waals surface area contributed by atoms with Crippen molar-refractivity contribution < 1.29 is 14.3 Å². The number of nitrogens with zero attached hydrogens (tertiary/aromatic N) is 3. The summed E-state index contributed by atoms with van der Waals surface area (Å²) < 4.78 is 6.77. The summed E-state index contributed by atoms with van der Waals surface area (Å²) >= 11 is 0. The summed E-state index contributed by atoms with van der Waals surface area (Å²) in [5, 5.41) is 4.12. The smallest absolute Gasteiger partial charge is 0.308 e. The average Bonchev–Trinajstić information content (AvgIpc) is 2.71. The largest absolute Gasteiger partial charge is 0.460 e. The molecular weight excluding hydrogens is 246 g/mol. The van der Waals surface area contributed by atoms with Crippen LogP contribution in [0.1, 0.15) is 37.7 Å². The molecule has 1 aromatic rings. The summed E-state index contributed by atoms with van der Waals surface area (Å²) in [6, 6.07) is 1.64. The molecule has 0 atom stereocenters. The Bertz CT molecular complexity index is 458. The van der Waals surface area contributed by atoms with Crippen molar-refractivity contribution in [3.63, 3.8) is 0 Å². The van der Waals surface area contributed by atoms with Gasteiger partial charge in [0.25, 0.3) is 5.91 Å². The lowest BCUT2D eigenvalue weighted by atomic mass is 10.2. The van der Waals surface area contributed by atoms with Crippen LogP contribution in [0.15, 0.2) is 12.3 Å². The number of aryl methyl sites for hydroxylation is 1. The van der Waals surface area contributed by atoms with Gasteiger partial charge in [-0.1, -0.05) is 0 Å². The fourth-order valence-corrected chi connectivity index (χ4v) is 1.43. The van der Waals surface area contributed by atoms with Gasteiger partial charge in [0, 0.05) is 20.3 Å². The zero-order valence-corrected chi connectivity index (χ0v) is 12.1. The van der Waals surface area contributed by atoms with E-state index in [-0.39, 0.29) is 18.3 Å². The molecule has 0 aliphatic carbocycles. The Kier molecular flexibility index (Phi) is 4.69. The van der Waals surface area contributed by atoms with Crippen molar-refractivity contribution in [2.24, 2.45) is 0 Å². The number of hydrogen-bond donors (Lipinski definition) is 0. The van der Waals surface area contributed by atoms with Gasteiger partial charge in [-0.2, -0.15) is 5.10 Å². The molecule has 6 heteroatoms. The van der Waals surface area contributed by atoms with E-state index in [4.69, 9.17) is 4.74 Å². The number of aromatic nitrogens is 2. The van der Waals surface area contributed by atoms with Crippen molar-refractivity contribution in [1.29, 1.82) is 0 Å². The quantitative estimate of drug-likeness (QED) is 0.772. The maximum Gasteiger partial charge on any atom is 0.308 e. The molecule has 1 rings (SSSR count). The molecule has 1 aromatic heterocycles. The molecular formula is C13H21N3O3. The monoisotopic (exact) mass is 267 g/mol. The van der Waals surface area contributed by atoms with E-state index in [2.05, 4.69) is 5.10 Å². The Hall–Kier alpha value is -1.85. The Morgan fingerprint density at radius 3 is 2.53 bits per heavy atom. The molecule has 0 unspecified atom stereocenters. The summed E-state index contributed by atoms with van der Waals surface area (Å²) in [7, 11) is 3.34. The SMILES string of the molecule is CN(C)C(=O)c1ccn(CCC(=O)OC(C)(C)C)n1. The first kappa shape index (κ1) is 15.2. The van der Waals surface area contributed by atoms with Crippen LogP contribution in [0, 0.1) is 0 Å². The van der Waals surface area contributed by atoms with Gasteiger partial charge < -0.3 is 9.64 Å². The van der Waals surface area contributed by atoms with Gasteiger partial charge >= 0.3 is 5.97 Å². The molecule has 0 fully saturated rings. The molecule has 1 heterocycles. The van der Waals surface area contributed by atoms with Gasteiger partial charge in [0.15, 0.2) is 0 Å². The minimum absolute atomic E-state index is 0.156. The maximum atomic E-state index is 11.6. The third-order valence-electron chi connectivity index (χ3n) is 2.23. The van der Waals surface area contributed by atoms with Crippen LogP contribution in [0.25, 0.3) is 0 Å². The number of esters is 1. The molecule has 0 bridgehead atoms. The highest BCUT2D eigenvalue weighted by molar-refractivity contribution is 5.91. The summed E-state index contributed by atoms with van der Waals surface area (Å²) in [5.41, 5.74) is -0.109. The number of hydrogen-bond acceptors (Lipinski definition) is 4. The second-order valence-corrected chi connectivity index (χ2v) is 5.50. The lowest BCUT2D eigenvalue weighted by Crippen LogP contribution is -2.25. The molecule has 0 aromatic carbocycles. The molecule has 6 nitrogen and oxygen atoms in total. The van der Waals surface area contributed by atoms with Gasteiger partial charge in [0.1, 0.15) is 11.3 Å².